The number of aromatic nitrogens is 2. The fourth-order valence-corrected chi connectivity index (χ4v) is 1.49. The first-order valence-corrected chi connectivity index (χ1v) is 4.57. The van der Waals surface area contributed by atoms with Gasteiger partial charge in [0.05, 0.1) is 5.69 Å². The maximum atomic E-state index is 10.7. The van der Waals surface area contributed by atoms with E-state index in [2.05, 4.69) is 5.10 Å². The van der Waals surface area contributed by atoms with E-state index in [1.807, 2.05) is 30.3 Å². The number of halogens is 1. The quantitative estimate of drug-likeness (QED) is 0.848. The molecule has 4 nitrogen and oxygen atoms in total. The fraction of sp³-hybridized carbons (Fsp3) is 0. The third-order valence-electron chi connectivity index (χ3n) is 1.96. The Morgan fingerprint density at radius 1 is 1.33 bits per heavy atom. The van der Waals surface area contributed by atoms with E-state index >= 15 is 0 Å². The summed E-state index contributed by atoms with van der Waals surface area (Å²) >= 11 is 5.77. The Hall–Kier alpha value is -1.81. The van der Waals surface area contributed by atoms with Crippen LogP contribution in [0.1, 0.15) is 10.5 Å². The molecule has 0 aliphatic carbocycles. The summed E-state index contributed by atoms with van der Waals surface area (Å²) in [6.07, 6.45) is 0. The summed E-state index contributed by atoms with van der Waals surface area (Å²) in [6.45, 7) is 0. The van der Waals surface area contributed by atoms with Crippen LogP contribution in [0.2, 0.25) is 0 Å². The molecule has 76 valence electrons. The van der Waals surface area contributed by atoms with Crippen molar-refractivity contribution in [2.24, 2.45) is 0 Å². The van der Waals surface area contributed by atoms with Crippen LogP contribution in [0, 0.1) is 0 Å². The Morgan fingerprint density at radius 2 is 2.00 bits per heavy atom. The Balaban J connectivity index is 2.50. The van der Waals surface area contributed by atoms with Crippen molar-refractivity contribution in [1.29, 1.82) is 0 Å². The summed E-state index contributed by atoms with van der Waals surface area (Å²) in [4.78, 5) is 10.7. The molecule has 0 saturated heterocycles. The predicted octanol–water partition coefficient (Wildman–Crippen LogP) is 2.25. The minimum Gasteiger partial charge on any atom is -0.476 e. The molecule has 15 heavy (non-hydrogen) atoms. The number of hydrogen-bond donors (Lipinski definition) is 1. The molecule has 0 saturated carbocycles. The van der Waals surface area contributed by atoms with Crippen molar-refractivity contribution in [2.45, 2.75) is 0 Å². The zero-order valence-corrected chi connectivity index (χ0v) is 8.35. The topological polar surface area (TPSA) is 55.1 Å². The van der Waals surface area contributed by atoms with Crippen LogP contribution in [-0.4, -0.2) is 20.4 Å². The van der Waals surface area contributed by atoms with Crippen LogP contribution in [-0.2, 0) is 0 Å². The maximum Gasteiger partial charge on any atom is 0.356 e. The molecule has 1 heterocycles. The van der Waals surface area contributed by atoms with Gasteiger partial charge in [-0.15, -0.1) is 5.10 Å². The van der Waals surface area contributed by atoms with Gasteiger partial charge in [-0.2, -0.15) is 4.20 Å². The molecular weight excluding hydrogens is 216 g/mol. The van der Waals surface area contributed by atoms with Gasteiger partial charge in [-0.25, -0.2) is 4.79 Å². The Labute approximate surface area is 90.8 Å². The second-order valence-electron chi connectivity index (χ2n) is 2.95. The van der Waals surface area contributed by atoms with Gasteiger partial charge >= 0.3 is 5.97 Å². The van der Waals surface area contributed by atoms with E-state index in [1.54, 1.807) is 0 Å². The van der Waals surface area contributed by atoms with Crippen molar-refractivity contribution < 1.29 is 9.90 Å². The first-order valence-electron chi connectivity index (χ1n) is 4.23. The van der Waals surface area contributed by atoms with Crippen LogP contribution in [0.25, 0.3) is 11.3 Å². The molecular formula is C10H7ClN2O2. The first kappa shape index (κ1) is 9.73. The number of benzene rings is 1. The van der Waals surface area contributed by atoms with Gasteiger partial charge in [-0.05, 0) is 0 Å². The molecule has 0 spiro atoms. The average molecular weight is 223 g/mol. The molecule has 2 aromatic rings. The summed E-state index contributed by atoms with van der Waals surface area (Å²) in [5, 5.41) is 12.4. The molecule has 1 aromatic carbocycles. The molecule has 0 unspecified atom stereocenters. The zero-order valence-electron chi connectivity index (χ0n) is 7.59. The van der Waals surface area contributed by atoms with E-state index in [0.717, 1.165) is 9.76 Å². The Morgan fingerprint density at radius 3 is 2.53 bits per heavy atom. The van der Waals surface area contributed by atoms with Gasteiger partial charge in [0.1, 0.15) is 0 Å². The largest absolute Gasteiger partial charge is 0.476 e. The third kappa shape index (κ3) is 1.85. The van der Waals surface area contributed by atoms with E-state index in [9.17, 15) is 4.79 Å². The van der Waals surface area contributed by atoms with Crippen molar-refractivity contribution >= 4 is 17.7 Å². The van der Waals surface area contributed by atoms with E-state index in [1.165, 1.54) is 6.07 Å². The maximum absolute atomic E-state index is 10.7. The lowest BCUT2D eigenvalue weighted by atomic mass is 10.1. The van der Waals surface area contributed by atoms with Crippen LogP contribution < -0.4 is 0 Å². The number of hydrogen-bond acceptors (Lipinski definition) is 2. The molecule has 1 N–H and O–H groups in total. The molecule has 5 heteroatoms. The lowest BCUT2D eigenvalue weighted by molar-refractivity contribution is 0.0690. The van der Waals surface area contributed by atoms with Crippen LogP contribution in [0.3, 0.4) is 0 Å². The Kier molecular flexibility index (Phi) is 2.43. The van der Waals surface area contributed by atoms with Crippen LogP contribution in [0.5, 0.6) is 0 Å². The highest BCUT2D eigenvalue weighted by Gasteiger charge is 2.13. The van der Waals surface area contributed by atoms with Gasteiger partial charge in [-0.1, -0.05) is 30.3 Å². The van der Waals surface area contributed by atoms with Gasteiger partial charge in [0.15, 0.2) is 5.69 Å². The number of carbonyl (C=O) groups is 1. The summed E-state index contributed by atoms with van der Waals surface area (Å²) < 4.78 is 1.04. The summed E-state index contributed by atoms with van der Waals surface area (Å²) in [7, 11) is 0. The predicted molar refractivity (Wildman–Crippen MR) is 55.9 cm³/mol. The standard InChI is InChI=1S/C10H7ClN2O2/c11-13-9(6-8(12-13)10(14)15)7-4-2-1-3-5-7/h1-6H,(H,14,15). The van der Waals surface area contributed by atoms with Crippen molar-refractivity contribution in [1.82, 2.24) is 9.30 Å². The number of aromatic carboxylic acids is 1. The Bertz CT molecular complexity index is 493. The third-order valence-corrected chi connectivity index (χ3v) is 2.21. The lowest BCUT2D eigenvalue weighted by Crippen LogP contribution is -1.96. The first-order chi connectivity index (χ1) is 7.18. The normalized spacial score (nSPS) is 10.2. The van der Waals surface area contributed by atoms with E-state index < -0.39 is 5.97 Å². The van der Waals surface area contributed by atoms with Gasteiger partial charge in [0.2, 0.25) is 0 Å². The minimum absolute atomic E-state index is 0.0659. The SMILES string of the molecule is O=C(O)c1cc(-c2ccccc2)n(Cl)n1. The second-order valence-corrected chi connectivity index (χ2v) is 3.27. The summed E-state index contributed by atoms with van der Waals surface area (Å²) in [5.41, 5.74) is 1.33. The second kappa shape index (κ2) is 3.74. The molecule has 2 rings (SSSR count). The van der Waals surface area contributed by atoms with Crippen molar-refractivity contribution in [3.63, 3.8) is 0 Å². The molecule has 0 fully saturated rings. The van der Waals surface area contributed by atoms with Crippen molar-refractivity contribution in [2.75, 3.05) is 0 Å². The van der Waals surface area contributed by atoms with Crippen molar-refractivity contribution in [3.05, 3.63) is 42.1 Å². The number of rotatable bonds is 2. The van der Waals surface area contributed by atoms with Gasteiger partial charge in [0.25, 0.3) is 0 Å². The highest BCUT2D eigenvalue weighted by Crippen LogP contribution is 2.20. The minimum atomic E-state index is -1.09. The zero-order chi connectivity index (χ0) is 10.8. The smallest absolute Gasteiger partial charge is 0.356 e. The number of carboxylic acids is 1. The van der Waals surface area contributed by atoms with Crippen LogP contribution in [0.15, 0.2) is 36.4 Å². The average Bonchev–Trinajstić information content (AvgIpc) is 2.62. The summed E-state index contributed by atoms with van der Waals surface area (Å²) in [6, 6.07) is 10.7. The molecule has 0 amide bonds. The molecule has 0 atom stereocenters. The number of nitrogens with zero attached hydrogens (tertiary/aromatic N) is 2. The molecule has 0 aliphatic rings. The van der Waals surface area contributed by atoms with Crippen LogP contribution in [0.4, 0.5) is 0 Å². The van der Waals surface area contributed by atoms with Crippen LogP contribution >= 0.6 is 11.8 Å². The monoisotopic (exact) mass is 222 g/mol. The van der Waals surface area contributed by atoms with E-state index in [-0.39, 0.29) is 5.69 Å². The highest BCUT2D eigenvalue weighted by atomic mass is 35.5. The van der Waals surface area contributed by atoms with Crippen molar-refractivity contribution in [3.8, 4) is 11.3 Å². The molecule has 1 aromatic heterocycles. The van der Waals surface area contributed by atoms with E-state index in [4.69, 9.17) is 16.9 Å². The fourth-order valence-electron chi connectivity index (χ4n) is 1.26. The number of carboxylic acid groups (broad SMARTS) is 1. The summed E-state index contributed by atoms with van der Waals surface area (Å²) in [5.74, 6) is -1.09. The van der Waals surface area contributed by atoms with Gasteiger partial charge in [0, 0.05) is 23.4 Å². The lowest BCUT2D eigenvalue weighted by Gasteiger charge is -1.97. The molecule has 0 radical (unpaired) electrons. The van der Waals surface area contributed by atoms with Gasteiger partial charge < -0.3 is 5.11 Å². The molecule has 0 bridgehead atoms. The molecule has 0 aliphatic heterocycles. The highest BCUT2D eigenvalue weighted by molar-refractivity contribution is 6.16. The van der Waals surface area contributed by atoms with Gasteiger partial charge in [-0.3, -0.25) is 0 Å². The van der Waals surface area contributed by atoms with E-state index in [0.29, 0.717) is 5.69 Å².